The summed E-state index contributed by atoms with van der Waals surface area (Å²) in [5, 5.41) is 15.2. The molecule has 1 saturated carbocycles. The number of aromatic nitrogens is 3. The number of anilines is 3. The standard InChI is InChI=1S/C12H22N6O/c1-13-9-15-10(17-11(16-9)18(2)3)14-8-12(4-5-12)6-7-19/h19H,4-8H2,1-3H3,(H2,13,14,15,16,17). The summed E-state index contributed by atoms with van der Waals surface area (Å²) in [5.74, 6) is 1.74. The van der Waals surface area contributed by atoms with E-state index < -0.39 is 0 Å². The Morgan fingerprint density at radius 3 is 2.42 bits per heavy atom. The summed E-state index contributed by atoms with van der Waals surface area (Å²) in [4.78, 5) is 14.8. The summed E-state index contributed by atoms with van der Waals surface area (Å²) in [6.45, 7) is 1.04. The molecule has 1 aromatic rings. The van der Waals surface area contributed by atoms with Crippen LogP contribution in [0, 0.1) is 5.41 Å². The molecule has 3 N–H and O–H groups in total. The highest BCUT2D eigenvalue weighted by atomic mass is 16.3. The van der Waals surface area contributed by atoms with E-state index in [4.69, 9.17) is 5.11 Å². The monoisotopic (exact) mass is 266 g/mol. The van der Waals surface area contributed by atoms with E-state index in [0.29, 0.717) is 17.8 Å². The SMILES string of the molecule is CNc1nc(NCC2(CCO)CC2)nc(N(C)C)n1. The van der Waals surface area contributed by atoms with Crippen LogP contribution in [0.4, 0.5) is 17.8 Å². The Hall–Kier alpha value is -1.63. The first-order valence-electron chi connectivity index (χ1n) is 6.54. The van der Waals surface area contributed by atoms with Gasteiger partial charge in [-0.1, -0.05) is 0 Å². The molecule has 19 heavy (non-hydrogen) atoms. The molecule has 106 valence electrons. The van der Waals surface area contributed by atoms with E-state index in [1.807, 2.05) is 19.0 Å². The van der Waals surface area contributed by atoms with Gasteiger partial charge in [0.25, 0.3) is 0 Å². The van der Waals surface area contributed by atoms with Crippen molar-refractivity contribution in [2.75, 3.05) is 49.8 Å². The second kappa shape index (κ2) is 5.56. The molecule has 7 heteroatoms. The maximum atomic E-state index is 9.05. The second-order valence-electron chi connectivity index (χ2n) is 5.25. The number of nitrogens with one attached hydrogen (secondary N) is 2. The van der Waals surface area contributed by atoms with Gasteiger partial charge in [-0.3, -0.25) is 0 Å². The van der Waals surface area contributed by atoms with E-state index in [-0.39, 0.29) is 12.0 Å². The van der Waals surface area contributed by atoms with Crippen LogP contribution in [0.25, 0.3) is 0 Å². The van der Waals surface area contributed by atoms with E-state index in [1.54, 1.807) is 7.05 Å². The van der Waals surface area contributed by atoms with Gasteiger partial charge in [0.2, 0.25) is 17.8 Å². The summed E-state index contributed by atoms with van der Waals surface area (Å²) in [5.41, 5.74) is 0.236. The van der Waals surface area contributed by atoms with Crippen LogP contribution in [0.1, 0.15) is 19.3 Å². The van der Waals surface area contributed by atoms with Gasteiger partial charge in [0, 0.05) is 34.3 Å². The minimum Gasteiger partial charge on any atom is -0.396 e. The molecule has 0 radical (unpaired) electrons. The van der Waals surface area contributed by atoms with E-state index >= 15 is 0 Å². The largest absolute Gasteiger partial charge is 0.396 e. The molecule has 1 aliphatic carbocycles. The number of aliphatic hydroxyl groups excluding tert-OH is 1. The van der Waals surface area contributed by atoms with E-state index in [0.717, 1.165) is 25.8 Å². The van der Waals surface area contributed by atoms with Crippen LogP contribution >= 0.6 is 0 Å². The third kappa shape index (κ3) is 3.44. The fourth-order valence-corrected chi connectivity index (χ4v) is 1.95. The Labute approximate surface area is 113 Å². The average molecular weight is 266 g/mol. The van der Waals surface area contributed by atoms with Gasteiger partial charge in [0.05, 0.1) is 0 Å². The third-order valence-corrected chi connectivity index (χ3v) is 3.47. The summed E-state index contributed by atoms with van der Waals surface area (Å²) >= 11 is 0. The summed E-state index contributed by atoms with van der Waals surface area (Å²) in [6, 6.07) is 0. The van der Waals surface area contributed by atoms with Crippen molar-refractivity contribution in [1.29, 1.82) is 0 Å². The zero-order valence-corrected chi connectivity index (χ0v) is 11.8. The Morgan fingerprint density at radius 2 is 1.89 bits per heavy atom. The second-order valence-corrected chi connectivity index (χ2v) is 5.25. The lowest BCUT2D eigenvalue weighted by Crippen LogP contribution is -2.20. The zero-order chi connectivity index (χ0) is 13.9. The molecule has 0 unspecified atom stereocenters. The van der Waals surface area contributed by atoms with Crippen molar-refractivity contribution in [2.45, 2.75) is 19.3 Å². The summed E-state index contributed by atoms with van der Waals surface area (Å²) in [6.07, 6.45) is 3.15. The Morgan fingerprint density at radius 1 is 1.21 bits per heavy atom. The van der Waals surface area contributed by atoms with Crippen LogP contribution in [0.15, 0.2) is 0 Å². The van der Waals surface area contributed by atoms with Crippen molar-refractivity contribution < 1.29 is 5.11 Å². The summed E-state index contributed by atoms with van der Waals surface area (Å²) < 4.78 is 0. The highest BCUT2D eigenvalue weighted by Crippen LogP contribution is 2.48. The van der Waals surface area contributed by atoms with Crippen LogP contribution in [-0.2, 0) is 0 Å². The molecule has 0 aliphatic heterocycles. The molecule has 0 spiro atoms. The van der Waals surface area contributed by atoms with Crippen molar-refractivity contribution in [2.24, 2.45) is 5.41 Å². The fraction of sp³-hybridized carbons (Fsp3) is 0.750. The quantitative estimate of drug-likeness (QED) is 0.664. The maximum Gasteiger partial charge on any atom is 0.231 e. The molecule has 2 rings (SSSR count). The smallest absolute Gasteiger partial charge is 0.231 e. The molecule has 0 aromatic carbocycles. The van der Waals surface area contributed by atoms with Crippen LogP contribution in [0.3, 0.4) is 0 Å². The molecule has 0 atom stereocenters. The van der Waals surface area contributed by atoms with Crippen LogP contribution in [0.5, 0.6) is 0 Å². The van der Waals surface area contributed by atoms with Crippen molar-refractivity contribution in [3.63, 3.8) is 0 Å². The van der Waals surface area contributed by atoms with E-state index in [1.165, 1.54) is 0 Å². The van der Waals surface area contributed by atoms with Crippen LogP contribution in [0.2, 0.25) is 0 Å². The molecular weight excluding hydrogens is 244 g/mol. The minimum absolute atomic E-state index is 0.236. The molecule has 0 amide bonds. The molecule has 1 heterocycles. The van der Waals surface area contributed by atoms with Crippen molar-refractivity contribution in [1.82, 2.24) is 15.0 Å². The predicted molar refractivity (Wildman–Crippen MR) is 75.6 cm³/mol. The zero-order valence-electron chi connectivity index (χ0n) is 11.8. The van der Waals surface area contributed by atoms with E-state index in [2.05, 4.69) is 25.6 Å². The third-order valence-electron chi connectivity index (χ3n) is 3.47. The topological polar surface area (TPSA) is 86.2 Å². The maximum absolute atomic E-state index is 9.05. The van der Waals surface area contributed by atoms with Gasteiger partial charge in [-0.15, -0.1) is 0 Å². The van der Waals surface area contributed by atoms with Gasteiger partial charge in [-0.25, -0.2) is 0 Å². The number of aliphatic hydroxyl groups is 1. The highest BCUT2D eigenvalue weighted by Gasteiger charge is 2.41. The molecular formula is C12H22N6O. The van der Waals surface area contributed by atoms with Gasteiger partial charge < -0.3 is 20.6 Å². The highest BCUT2D eigenvalue weighted by molar-refractivity contribution is 5.42. The van der Waals surface area contributed by atoms with Gasteiger partial charge in [0.15, 0.2) is 0 Å². The lowest BCUT2D eigenvalue weighted by molar-refractivity contribution is 0.253. The molecule has 0 bridgehead atoms. The molecule has 7 nitrogen and oxygen atoms in total. The normalized spacial score (nSPS) is 16.0. The number of rotatable bonds is 7. The Bertz CT molecular complexity index is 432. The molecule has 0 saturated heterocycles. The lowest BCUT2D eigenvalue weighted by atomic mass is 10.0. The van der Waals surface area contributed by atoms with Crippen molar-refractivity contribution in [3.05, 3.63) is 0 Å². The van der Waals surface area contributed by atoms with Crippen molar-refractivity contribution >= 4 is 17.8 Å². The predicted octanol–water partition coefficient (Wildman–Crippen LogP) is 0.554. The molecule has 1 aromatic heterocycles. The van der Waals surface area contributed by atoms with Gasteiger partial charge in [-0.2, -0.15) is 15.0 Å². The summed E-state index contributed by atoms with van der Waals surface area (Å²) in [7, 11) is 5.58. The van der Waals surface area contributed by atoms with Gasteiger partial charge in [0.1, 0.15) is 0 Å². The number of nitrogens with zero attached hydrogens (tertiary/aromatic N) is 4. The van der Waals surface area contributed by atoms with Gasteiger partial charge >= 0.3 is 0 Å². The number of hydrogen-bond donors (Lipinski definition) is 3. The minimum atomic E-state index is 0.236. The van der Waals surface area contributed by atoms with Crippen molar-refractivity contribution in [3.8, 4) is 0 Å². The van der Waals surface area contributed by atoms with E-state index in [9.17, 15) is 0 Å². The first-order chi connectivity index (χ1) is 9.08. The first kappa shape index (κ1) is 13.8. The van der Waals surface area contributed by atoms with Gasteiger partial charge in [-0.05, 0) is 24.7 Å². The Balaban J connectivity index is 2.05. The lowest BCUT2D eigenvalue weighted by Gasteiger charge is -2.16. The molecule has 1 aliphatic rings. The fourth-order valence-electron chi connectivity index (χ4n) is 1.95. The number of hydrogen-bond acceptors (Lipinski definition) is 7. The first-order valence-corrected chi connectivity index (χ1v) is 6.54. The van der Waals surface area contributed by atoms with Crippen LogP contribution in [-0.4, -0.2) is 54.4 Å². The van der Waals surface area contributed by atoms with Crippen LogP contribution < -0.4 is 15.5 Å². The Kier molecular flexibility index (Phi) is 4.04. The average Bonchev–Trinajstić information content (AvgIpc) is 3.17. The molecule has 1 fully saturated rings.